The molecule has 3 nitrogen and oxygen atoms in total. The third-order valence-corrected chi connectivity index (χ3v) is 2.81. The molecule has 2 atom stereocenters. The first-order valence-corrected chi connectivity index (χ1v) is 6.12. The van der Waals surface area contributed by atoms with Crippen molar-refractivity contribution in [3.8, 4) is 5.75 Å². The molecule has 0 radical (unpaired) electrons. The quantitative estimate of drug-likeness (QED) is 0.920. The lowest BCUT2D eigenvalue weighted by molar-refractivity contribution is 0.180. The van der Waals surface area contributed by atoms with Crippen LogP contribution < -0.4 is 10.5 Å². The van der Waals surface area contributed by atoms with Crippen LogP contribution in [-0.4, -0.2) is 11.0 Å². The lowest BCUT2D eigenvalue weighted by atomic mass is 10.1. The van der Waals surface area contributed by atoms with Gasteiger partial charge >= 0.3 is 0 Å². The second kappa shape index (κ2) is 5.85. The van der Waals surface area contributed by atoms with E-state index in [0.717, 1.165) is 5.56 Å². The molecule has 4 heteroatoms. The predicted molar refractivity (Wildman–Crippen MR) is 72.7 cm³/mol. The maximum absolute atomic E-state index is 5.98. The van der Waals surface area contributed by atoms with Gasteiger partial charge < -0.3 is 10.5 Å². The average Bonchev–Trinajstić information content (AvgIpc) is 2.37. The van der Waals surface area contributed by atoms with Crippen LogP contribution in [0.1, 0.15) is 18.6 Å². The SMILES string of the molecule is CC(N)C(Oc1cccc(Cl)c1)c1ccncc1. The van der Waals surface area contributed by atoms with Crippen molar-refractivity contribution in [1.29, 1.82) is 0 Å². The molecule has 18 heavy (non-hydrogen) atoms. The minimum Gasteiger partial charge on any atom is -0.484 e. The summed E-state index contributed by atoms with van der Waals surface area (Å²) in [6, 6.07) is 11.0. The van der Waals surface area contributed by atoms with Crippen LogP contribution in [0.4, 0.5) is 0 Å². The normalized spacial score (nSPS) is 13.9. The van der Waals surface area contributed by atoms with Crippen LogP contribution in [0.2, 0.25) is 5.02 Å². The number of ether oxygens (including phenoxy) is 1. The number of hydrogen-bond acceptors (Lipinski definition) is 3. The smallest absolute Gasteiger partial charge is 0.139 e. The van der Waals surface area contributed by atoms with E-state index in [2.05, 4.69) is 4.98 Å². The van der Waals surface area contributed by atoms with Crippen molar-refractivity contribution in [3.63, 3.8) is 0 Å². The Morgan fingerprint density at radius 2 is 1.94 bits per heavy atom. The molecular weight excluding hydrogens is 248 g/mol. The maximum Gasteiger partial charge on any atom is 0.139 e. The van der Waals surface area contributed by atoms with Gasteiger partial charge in [0.15, 0.2) is 0 Å². The average molecular weight is 263 g/mol. The lowest BCUT2D eigenvalue weighted by Gasteiger charge is -2.22. The Bertz CT molecular complexity index is 502. The minimum atomic E-state index is -0.216. The highest BCUT2D eigenvalue weighted by atomic mass is 35.5. The van der Waals surface area contributed by atoms with Gasteiger partial charge in [0.05, 0.1) is 0 Å². The number of nitrogens with zero attached hydrogens (tertiary/aromatic N) is 1. The molecule has 1 aromatic carbocycles. The number of halogens is 1. The highest BCUT2D eigenvalue weighted by molar-refractivity contribution is 6.30. The first kappa shape index (κ1) is 12.9. The Morgan fingerprint density at radius 1 is 1.22 bits per heavy atom. The van der Waals surface area contributed by atoms with Crippen LogP contribution in [0, 0.1) is 0 Å². The zero-order valence-corrected chi connectivity index (χ0v) is 10.8. The van der Waals surface area contributed by atoms with E-state index in [9.17, 15) is 0 Å². The Balaban J connectivity index is 2.22. The van der Waals surface area contributed by atoms with Gasteiger partial charge in [-0.25, -0.2) is 0 Å². The molecule has 0 spiro atoms. The molecular formula is C14H15ClN2O. The molecule has 0 aliphatic carbocycles. The molecule has 0 saturated heterocycles. The van der Waals surface area contributed by atoms with Gasteiger partial charge in [-0.1, -0.05) is 17.7 Å². The summed E-state index contributed by atoms with van der Waals surface area (Å²) in [6.45, 7) is 1.91. The fraction of sp³-hybridized carbons (Fsp3) is 0.214. The summed E-state index contributed by atoms with van der Waals surface area (Å²) >= 11 is 5.93. The van der Waals surface area contributed by atoms with Gasteiger partial charge in [-0.3, -0.25) is 4.98 Å². The number of pyridine rings is 1. The van der Waals surface area contributed by atoms with Gasteiger partial charge in [0.2, 0.25) is 0 Å². The van der Waals surface area contributed by atoms with Crippen molar-refractivity contribution in [2.24, 2.45) is 5.73 Å². The maximum atomic E-state index is 5.98. The standard InChI is InChI=1S/C14H15ClN2O/c1-10(16)14(11-5-7-17-8-6-11)18-13-4-2-3-12(15)9-13/h2-10,14H,16H2,1H3. The van der Waals surface area contributed by atoms with Gasteiger partial charge in [-0.15, -0.1) is 0 Å². The van der Waals surface area contributed by atoms with E-state index in [1.807, 2.05) is 37.3 Å². The third-order valence-electron chi connectivity index (χ3n) is 2.57. The number of hydrogen-bond donors (Lipinski definition) is 1. The van der Waals surface area contributed by atoms with Crippen molar-refractivity contribution in [1.82, 2.24) is 4.98 Å². The van der Waals surface area contributed by atoms with Crippen molar-refractivity contribution >= 4 is 11.6 Å². The molecule has 2 aromatic rings. The number of nitrogens with two attached hydrogens (primary N) is 1. The van der Waals surface area contributed by atoms with Gasteiger partial charge in [-0.2, -0.15) is 0 Å². The summed E-state index contributed by atoms with van der Waals surface area (Å²) in [5, 5.41) is 0.644. The van der Waals surface area contributed by atoms with Crippen LogP contribution in [-0.2, 0) is 0 Å². The Kier molecular flexibility index (Phi) is 4.18. The topological polar surface area (TPSA) is 48.1 Å². The summed E-state index contributed by atoms with van der Waals surface area (Å²) in [5.41, 5.74) is 6.98. The molecule has 0 aliphatic rings. The fourth-order valence-electron chi connectivity index (χ4n) is 1.72. The van der Waals surface area contributed by atoms with E-state index >= 15 is 0 Å². The third kappa shape index (κ3) is 3.22. The molecule has 0 bridgehead atoms. The molecule has 0 fully saturated rings. The van der Waals surface area contributed by atoms with Crippen LogP contribution in [0.3, 0.4) is 0 Å². The van der Waals surface area contributed by atoms with E-state index in [4.69, 9.17) is 22.1 Å². The van der Waals surface area contributed by atoms with Crippen molar-refractivity contribution in [2.75, 3.05) is 0 Å². The number of rotatable bonds is 4. The summed E-state index contributed by atoms with van der Waals surface area (Å²) < 4.78 is 5.91. The summed E-state index contributed by atoms with van der Waals surface area (Å²) in [7, 11) is 0. The molecule has 0 saturated carbocycles. The molecule has 2 unspecified atom stereocenters. The number of aromatic nitrogens is 1. The Labute approximate surface area is 112 Å². The molecule has 0 aliphatic heterocycles. The predicted octanol–water partition coefficient (Wildman–Crippen LogP) is 3.20. The molecule has 94 valence electrons. The first-order chi connectivity index (χ1) is 8.66. The first-order valence-electron chi connectivity index (χ1n) is 5.74. The van der Waals surface area contributed by atoms with Crippen molar-refractivity contribution < 1.29 is 4.74 Å². The lowest BCUT2D eigenvalue weighted by Crippen LogP contribution is -2.29. The molecule has 2 N–H and O–H groups in total. The Morgan fingerprint density at radius 3 is 2.56 bits per heavy atom. The van der Waals surface area contributed by atoms with Gasteiger partial charge in [0.25, 0.3) is 0 Å². The minimum absolute atomic E-state index is 0.133. The zero-order valence-electron chi connectivity index (χ0n) is 10.1. The highest BCUT2D eigenvalue weighted by Gasteiger charge is 2.18. The van der Waals surface area contributed by atoms with Gasteiger partial charge in [0, 0.05) is 23.5 Å². The van der Waals surface area contributed by atoms with Crippen LogP contribution >= 0.6 is 11.6 Å². The monoisotopic (exact) mass is 262 g/mol. The summed E-state index contributed by atoms with van der Waals surface area (Å²) in [6.07, 6.45) is 3.24. The summed E-state index contributed by atoms with van der Waals surface area (Å²) in [5.74, 6) is 0.710. The van der Waals surface area contributed by atoms with E-state index in [0.29, 0.717) is 10.8 Å². The van der Waals surface area contributed by atoms with Crippen LogP contribution in [0.15, 0.2) is 48.8 Å². The van der Waals surface area contributed by atoms with E-state index < -0.39 is 0 Å². The van der Waals surface area contributed by atoms with Gasteiger partial charge in [-0.05, 0) is 42.8 Å². The van der Waals surface area contributed by atoms with Crippen molar-refractivity contribution in [3.05, 3.63) is 59.4 Å². The van der Waals surface area contributed by atoms with Crippen molar-refractivity contribution in [2.45, 2.75) is 19.1 Å². The summed E-state index contributed by atoms with van der Waals surface area (Å²) in [4.78, 5) is 3.99. The van der Waals surface area contributed by atoms with Gasteiger partial charge in [0.1, 0.15) is 11.9 Å². The second-order valence-corrected chi connectivity index (χ2v) is 4.57. The van der Waals surface area contributed by atoms with E-state index in [1.54, 1.807) is 18.5 Å². The molecule has 0 amide bonds. The largest absolute Gasteiger partial charge is 0.484 e. The van der Waals surface area contributed by atoms with Crippen LogP contribution in [0.5, 0.6) is 5.75 Å². The van der Waals surface area contributed by atoms with Crippen LogP contribution in [0.25, 0.3) is 0 Å². The second-order valence-electron chi connectivity index (χ2n) is 4.14. The zero-order chi connectivity index (χ0) is 13.0. The fourth-order valence-corrected chi connectivity index (χ4v) is 1.90. The van der Waals surface area contributed by atoms with E-state index in [1.165, 1.54) is 0 Å². The molecule has 1 aromatic heterocycles. The molecule has 1 heterocycles. The number of benzene rings is 1. The Hall–Kier alpha value is -1.58. The highest BCUT2D eigenvalue weighted by Crippen LogP contribution is 2.25. The molecule has 2 rings (SSSR count). The van der Waals surface area contributed by atoms with E-state index in [-0.39, 0.29) is 12.1 Å².